The first kappa shape index (κ1) is 12.9. The van der Waals surface area contributed by atoms with Gasteiger partial charge in [0.2, 0.25) is 0 Å². The summed E-state index contributed by atoms with van der Waals surface area (Å²) < 4.78 is 5.50. The maximum Gasteiger partial charge on any atom is 0.303 e. The van der Waals surface area contributed by atoms with Gasteiger partial charge in [-0.3, -0.25) is 4.79 Å². The second kappa shape index (κ2) is 4.78. The number of carbonyl (C=O) groups is 1. The summed E-state index contributed by atoms with van der Waals surface area (Å²) in [4.78, 5) is 11.4. The average molecular weight is 266 g/mol. The van der Waals surface area contributed by atoms with Crippen LogP contribution in [0.1, 0.15) is 38.0 Å². The Balaban J connectivity index is 2.28. The van der Waals surface area contributed by atoms with Gasteiger partial charge in [0.1, 0.15) is 6.10 Å². The van der Waals surface area contributed by atoms with E-state index >= 15 is 0 Å². The number of allylic oxidation sites excluding steroid dienone is 1. The highest BCUT2D eigenvalue weighted by Crippen LogP contribution is 2.41. The van der Waals surface area contributed by atoms with Crippen molar-refractivity contribution in [2.45, 2.75) is 26.9 Å². The highest BCUT2D eigenvalue weighted by Gasteiger charge is 2.25. The summed E-state index contributed by atoms with van der Waals surface area (Å²) >= 11 is 0. The van der Waals surface area contributed by atoms with Crippen LogP contribution in [0.25, 0.3) is 16.3 Å². The maximum atomic E-state index is 11.4. The highest BCUT2D eigenvalue weighted by atomic mass is 16.5. The summed E-state index contributed by atoms with van der Waals surface area (Å²) in [5.74, 6) is 0.151. The van der Waals surface area contributed by atoms with Crippen LogP contribution in [-0.2, 0) is 9.53 Å². The predicted molar refractivity (Wildman–Crippen MR) is 81.3 cm³/mol. The van der Waals surface area contributed by atoms with Crippen molar-refractivity contribution in [2.24, 2.45) is 5.92 Å². The molecule has 0 aromatic heterocycles. The monoisotopic (exact) mass is 266 g/mol. The minimum Gasteiger partial charge on any atom is -0.453 e. The van der Waals surface area contributed by atoms with Crippen molar-refractivity contribution < 1.29 is 9.53 Å². The van der Waals surface area contributed by atoms with Crippen molar-refractivity contribution in [3.8, 4) is 0 Å². The zero-order valence-corrected chi connectivity index (χ0v) is 12.0. The molecule has 1 aliphatic carbocycles. The summed E-state index contributed by atoms with van der Waals surface area (Å²) in [7, 11) is 0. The summed E-state index contributed by atoms with van der Waals surface area (Å²) in [6.07, 6.45) is 1.81. The molecule has 20 heavy (non-hydrogen) atoms. The first-order valence-electron chi connectivity index (χ1n) is 6.99. The van der Waals surface area contributed by atoms with E-state index in [0.29, 0.717) is 5.92 Å². The maximum absolute atomic E-state index is 11.4. The molecule has 0 heterocycles. The molecule has 2 nitrogen and oxygen atoms in total. The SMILES string of the molecule is CC(=O)OC1C=C(C(C)C)c2cccc3cccc1c23. The Morgan fingerprint density at radius 3 is 2.50 bits per heavy atom. The molecule has 2 heteroatoms. The average Bonchev–Trinajstić information content (AvgIpc) is 2.41. The number of carbonyl (C=O) groups excluding carboxylic acids is 1. The summed E-state index contributed by atoms with van der Waals surface area (Å²) in [5.41, 5.74) is 3.59. The number of ether oxygens (including phenoxy) is 1. The van der Waals surface area contributed by atoms with Crippen LogP contribution in [0, 0.1) is 5.92 Å². The molecule has 0 spiro atoms. The molecule has 0 saturated heterocycles. The van der Waals surface area contributed by atoms with Gasteiger partial charge in [-0.2, -0.15) is 0 Å². The van der Waals surface area contributed by atoms with E-state index in [-0.39, 0.29) is 12.1 Å². The second-order valence-corrected chi connectivity index (χ2v) is 5.56. The molecule has 0 N–H and O–H groups in total. The third-order valence-electron chi connectivity index (χ3n) is 3.80. The lowest BCUT2D eigenvalue weighted by molar-refractivity contribution is -0.144. The highest BCUT2D eigenvalue weighted by molar-refractivity contribution is 5.99. The molecule has 0 saturated carbocycles. The molecule has 0 fully saturated rings. The molecule has 0 amide bonds. The molecule has 0 bridgehead atoms. The normalized spacial score (nSPS) is 17.2. The number of hydrogen-bond acceptors (Lipinski definition) is 2. The Kier molecular flexibility index (Phi) is 3.09. The quantitative estimate of drug-likeness (QED) is 0.748. The topological polar surface area (TPSA) is 26.3 Å². The van der Waals surface area contributed by atoms with Gasteiger partial charge >= 0.3 is 5.97 Å². The van der Waals surface area contributed by atoms with Gasteiger partial charge < -0.3 is 4.74 Å². The number of esters is 1. The van der Waals surface area contributed by atoms with E-state index in [1.165, 1.54) is 28.8 Å². The smallest absolute Gasteiger partial charge is 0.303 e. The Hall–Kier alpha value is -2.09. The largest absolute Gasteiger partial charge is 0.453 e. The third kappa shape index (κ3) is 2.01. The van der Waals surface area contributed by atoms with Crippen LogP contribution < -0.4 is 0 Å². The lowest BCUT2D eigenvalue weighted by Crippen LogP contribution is -2.12. The fourth-order valence-electron chi connectivity index (χ4n) is 2.97. The van der Waals surface area contributed by atoms with Crippen molar-refractivity contribution in [3.63, 3.8) is 0 Å². The minimum atomic E-state index is -0.275. The molecule has 1 aliphatic rings. The van der Waals surface area contributed by atoms with Crippen LogP contribution in [0.2, 0.25) is 0 Å². The van der Waals surface area contributed by atoms with E-state index in [1.54, 1.807) is 0 Å². The number of hydrogen-bond donors (Lipinski definition) is 0. The molecule has 2 aromatic carbocycles. The zero-order chi connectivity index (χ0) is 14.3. The van der Waals surface area contributed by atoms with Crippen LogP contribution in [0.3, 0.4) is 0 Å². The third-order valence-corrected chi connectivity index (χ3v) is 3.80. The van der Waals surface area contributed by atoms with Crippen molar-refractivity contribution in [2.75, 3.05) is 0 Å². The summed E-state index contributed by atoms with van der Waals surface area (Å²) in [5, 5.41) is 2.41. The van der Waals surface area contributed by atoms with E-state index in [0.717, 1.165) is 5.56 Å². The van der Waals surface area contributed by atoms with Crippen LogP contribution >= 0.6 is 0 Å². The Labute approximate surface area is 119 Å². The first-order valence-corrected chi connectivity index (χ1v) is 6.99. The summed E-state index contributed by atoms with van der Waals surface area (Å²) in [6.45, 7) is 5.80. The molecule has 0 aliphatic heterocycles. The first-order chi connectivity index (χ1) is 9.58. The van der Waals surface area contributed by atoms with Gasteiger partial charge in [-0.25, -0.2) is 0 Å². The lowest BCUT2D eigenvalue weighted by Gasteiger charge is -2.26. The van der Waals surface area contributed by atoms with Gasteiger partial charge in [0.05, 0.1) is 0 Å². The van der Waals surface area contributed by atoms with E-state index in [1.807, 2.05) is 12.1 Å². The van der Waals surface area contributed by atoms with Gasteiger partial charge in [-0.15, -0.1) is 0 Å². The molecule has 2 aromatic rings. The zero-order valence-electron chi connectivity index (χ0n) is 12.0. The van der Waals surface area contributed by atoms with Crippen molar-refractivity contribution in [3.05, 3.63) is 53.6 Å². The van der Waals surface area contributed by atoms with Gasteiger partial charge in [0.15, 0.2) is 0 Å². The predicted octanol–water partition coefficient (Wildman–Crippen LogP) is 4.50. The van der Waals surface area contributed by atoms with Crippen molar-refractivity contribution >= 4 is 22.3 Å². The van der Waals surface area contributed by atoms with E-state index in [2.05, 4.69) is 44.2 Å². The van der Waals surface area contributed by atoms with Gasteiger partial charge in [-0.05, 0) is 33.9 Å². The lowest BCUT2D eigenvalue weighted by atomic mass is 9.82. The molecular weight excluding hydrogens is 248 g/mol. The van der Waals surface area contributed by atoms with E-state index in [4.69, 9.17) is 4.74 Å². The van der Waals surface area contributed by atoms with Crippen molar-refractivity contribution in [1.29, 1.82) is 0 Å². The standard InChI is InChI=1S/C18H18O2/c1-11(2)16-10-17(20-12(3)19)15-9-5-7-13-6-4-8-14(16)18(13)15/h4-11,17H,1-3H3. The van der Waals surface area contributed by atoms with Gasteiger partial charge in [-0.1, -0.05) is 50.2 Å². The molecule has 1 atom stereocenters. The van der Waals surface area contributed by atoms with Gasteiger partial charge in [0.25, 0.3) is 0 Å². The number of benzene rings is 2. The van der Waals surface area contributed by atoms with Crippen LogP contribution in [0.4, 0.5) is 0 Å². The minimum absolute atomic E-state index is 0.245. The fraction of sp³-hybridized carbons (Fsp3) is 0.278. The van der Waals surface area contributed by atoms with Crippen LogP contribution in [0.15, 0.2) is 42.5 Å². The fourth-order valence-corrected chi connectivity index (χ4v) is 2.97. The Morgan fingerprint density at radius 2 is 1.85 bits per heavy atom. The summed E-state index contributed by atoms with van der Waals surface area (Å²) in [6, 6.07) is 12.5. The Morgan fingerprint density at radius 1 is 1.15 bits per heavy atom. The van der Waals surface area contributed by atoms with E-state index in [9.17, 15) is 4.79 Å². The van der Waals surface area contributed by atoms with Crippen LogP contribution in [0.5, 0.6) is 0 Å². The molecular formula is C18H18O2. The molecule has 102 valence electrons. The van der Waals surface area contributed by atoms with E-state index < -0.39 is 0 Å². The second-order valence-electron chi connectivity index (χ2n) is 5.56. The molecule has 3 rings (SSSR count). The Bertz CT molecular complexity index is 705. The molecule has 0 radical (unpaired) electrons. The van der Waals surface area contributed by atoms with Gasteiger partial charge in [0, 0.05) is 12.5 Å². The van der Waals surface area contributed by atoms with Crippen molar-refractivity contribution in [1.82, 2.24) is 0 Å². The number of rotatable bonds is 2. The molecule has 1 unspecified atom stereocenters. The van der Waals surface area contributed by atoms with Crippen LogP contribution in [-0.4, -0.2) is 5.97 Å².